The molecule has 4 nitrogen and oxygen atoms in total. The van der Waals surface area contributed by atoms with E-state index in [4.69, 9.17) is 9.98 Å². The van der Waals surface area contributed by atoms with Crippen molar-refractivity contribution < 1.29 is 0 Å². The van der Waals surface area contributed by atoms with E-state index in [9.17, 15) is 0 Å². The lowest BCUT2D eigenvalue weighted by Gasteiger charge is -2.22. The molecule has 10 aromatic carbocycles. The number of aliphatic imine (C=N–C) groups is 2. The van der Waals surface area contributed by atoms with E-state index >= 15 is 0 Å². The second kappa shape index (κ2) is 14.2. The maximum atomic E-state index is 5.93. The number of rotatable bonds is 4. The number of hydrogen-bond acceptors (Lipinski definition) is 2. The van der Waals surface area contributed by atoms with Gasteiger partial charge in [-0.05, 0) is 116 Å². The summed E-state index contributed by atoms with van der Waals surface area (Å²) in [5.41, 5.74) is 25.0. The Bertz CT molecular complexity index is 4480. The summed E-state index contributed by atoms with van der Waals surface area (Å²) in [6, 6.07) is 80.9. The maximum Gasteiger partial charge on any atom is 0.204 e. The maximum absolute atomic E-state index is 5.93. The molecule has 3 aliphatic carbocycles. The van der Waals surface area contributed by atoms with Gasteiger partial charge in [-0.1, -0.05) is 185 Å². The van der Waals surface area contributed by atoms with Crippen molar-refractivity contribution in [3.63, 3.8) is 0 Å². The van der Waals surface area contributed by atoms with Gasteiger partial charge in [0, 0.05) is 66.0 Å². The summed E-state index contributed by atoms with van der Waals surface area (Å²) in [5, 5.41) is 5.02. The smallest absolute Gasteiger partial charge is 0.204 e. The zero-order chi connectivity index (χ0) is 48.5. The first-order valence-electron chi connectivity index (χ1n) is 25.7. The average Bonchev–Trinajstić information content (AvgIpc) is 4.24. The summed E-state index contributed by atoms with van der Waals surface area (Å²) >= 11 is 0. The number of hydrogen-bond donors (Lipinski definition) is 0. The van der Waals surface area contributed by atoms with Crippen LogP contribution in [0.1, 0.15) is 72.2 Å². The molecule has 1 spiro atoms. The zero-order valence-electron chi connectivity index (χ0n) is 41.1. The van der Waals surface area contributed by atoms with Gasteiger partial charge in [-0.2, -0.15) is 0 Å². The lowest BCUT2D eigenvalue weighted by Crippen LogP contribution is -2.18. The normalized spacial score (nSPS) is 17.2. The molecule has 0 fully saturated rings. The van der Waals surface area contributed by atoms with Gasteiger partial charge in [-0.25, -0.2) is 9.98 Å². The predicted molar refractivity (Wildman–Crippen MR) is 302 cm³/mol. The molecule has 16 rings (SSSR count). The van der Waals surface area contributed by atoms with Crippen LogP contribution < -0.4 is 0 Å². The molecule has 4 aliphatic rings. The summed E-state index contributed by atoms with van der Waals surface area (Å²) in [5.74, 6) is 0. The Morgan fingerprint density at radius 1 is 0.288 bits per heavy atom. The van der Waals surface area contributed by atoms with Crippen molar-refractivity contribution in [2.45, 2.75) is 44.2 Å². The van der Waals surface area contributed by atoms with Crippen LogP contribution in [0.3, 0.4) is 0 Å². The summed E-state index contributed by atoms with van der Waals surface area (Å²) in [6.45, 7) is 9.47. The lowest BCUT2D eigenvalue weighted by atomic mass is 9.82. The van der Waals surface area contributed by atoms with Crippen molar-refractivity contribution in [1.29, 1.82) is 0 Å². The molecule has 2 aromatic heterocycles. The Kier molecular flexibility index (Phi) is 7.93. The number of fused-ring (bicyclic) bond motifs is 17. The van der Waals surface area contributed by atoms with Gasteiger partial charge in [0.1, 0.15) is 0 Å². The van der Waals surface area contributed by atoms with E-state index in [0.29, 0.717) is 0 Å². The number of para-hydroxylation sites is 2. The van der Waals surface area contributed by atoms with Crippen molar-refractivity contribution in [3.8, 4) is 44.8 Å². The molecule has 0 saturated carbocycles. The molecule has 0 radical (unpaired) electrons. The molecular formula is C69H48N4. The van der Waals surface area contributed by atoms with Crippen LogP contribution in [0.15, 0.2) is 228 Å². The van der Waals surface area contributed by atoms with Crippen LogP contribution in [0.2, 0.25) is 0 Å². The zero-order valence-corrected chi connectivity index (χ0v) is 41.1. The summed E-state index contributed by atoms with van der Waals surface area (Å²) in [7, 11) is 0. The van der Waals surface area contributed by atoms with E-state index in [2.05, 4.69) is 255 Å². The van der Waals surface area contributed by atoms with Crippen LogP contribution in [0, 0.1) is 0 Å². The second-order valence-corrected chi connectivity index (χ2v) is 21.7. The van der Waals surface area contributed by atoms with Crippen LogP contribution in [0.4, 0.5) is 0 Å². The number of nitrogens with zero attached hydrogens (tertiary/aromatic N) is 4. The van der Waals surface area contributed by atoms with Gasteiger partial charge in [-0.3, -0.25) is 0 Å². The molecule has 1 aliphatic heterocycles. The van der Waals surface area contributed by atoms with Crippen molar-refractivity contribution in [2.24, 2.45) is 9.98 Å². The van der Waals surface area contributed by atoms with Crippen molar-refractivity contribution in [2.75, 3.05) is 0 Å². The van der Waals surface area contributed by atoms with Crippen LogP contribution in [0.5, 0.6) is 0 Å². The van der Waals surface area contributed by atoms with Gasteiger partial charge in [0.2, 0.25) is 5.66 Å². The monoisotopic (exact) mass is 932 g/mol. The lowest BCUT2D eigenvalue weighted by molar-refractivity contribution is 0.605. The van der Waals surface area contributed by atoms with Crippen LogP contribution in [-0.4, -0.2) is 20.6 Å². The Hall–Kier alpha value is -8.86. The van der Waals surface area contributed by atoms with Gasteiger partial charge >= 0.3 is 0 Å². The molecule has 0 bridgehead atoms. The SMILES string of the molecule is CC1(C)c2ccccc2-c2cc3c4ccccc4n(-c4ccc(C5=NC6(N=C5c5ccccc5)c5ccccc5-c5ccc(-n7c8ccccc8c8cc9c(cc87)C(C)(C)c7ccccc7-9)cc56)cc4)c3cc21. The highest BCUT2D eigenvalue weighted by Gasteiger charge is 2.48. The number of benzene rings is 10. The molecule has 0 amide bonds. The van der Waals surface area contributed by atoms with Crippen LogP contribution >= 0.6 is 0 Å². The van der Waals surface area contributed by atoms with E-state index in [1.165, 1.54) is 99.2 Å². The van der Waals surface area contributed by atoms with E-state index in [-0.39, 0.29) is 10.8 Å². The second-order valence-electron chi connectivity index (χ2n) is 21.7. The highest BCUT2D eigenvalue weighted by Crippen LogP contribution is 2.56. The van der Waals surface area contributed by atoms with Crippen molar-refractivity contribution in [3.05, 3.63) is 263 Å². The van der Waals surface area contributed by atoms with Crippen LogP contribution in [-0.2, 0) is 16.5 Å². The molecule has 73 heavy (non-hydrogen) atoms. The number of aromatic nitrogens is 2. The first-order valence-corrected chi connectivity index (χ1v) is 25.7. The molecule has 1 unspecified atom stereocenters. The third-order valence-corrected chi connectivity index (χ3v) is 17.2. The first-order chi connectivity index (χ1) is 35.7. The standard InChI is InChI=1S/C69H48N4/c1-67(2)55-25-13-8-21-46(55)51-37-53-49-23-11-16-28-61(49)72(63(53)39-58(51)67)43-32-30-42(31-33-43)66-65(41-18-6-5-7-19-41)70-69(71-66)57-27-15-10-20-45(57)48-35-34-44(36-60(48)69)73-62-29-17-12-24-50(62)54-38-52-47-22-9-14-26-56(47)68(3,4)59(52)40-64(54)73/h5-40H,1-4H3. The molecule has 0 N–H and O–H groups in total. The Morgan fingerprint density at radius 2 is 0.712 bits per heavy atom. The molecule has 4 heteroatoms. The minimum Gasteiger partial charge on any atom is -0.309 e. The molecule has 344 valence electrons. The third kappa shape index (κ3) is 5.29. The van der Waals surface area contributed by atoms with E-state index in [1.54, 1.807) is 0 Å². The fraction of sp³-hybridized carbons (Fsp3) is 0.101. The van der Waals surface area contributed by atoms with Gasteiger partial charge < -0.3 is 9.13 Å². The summed E-state index contributed by atoms with van der Waals surface area (Å²) in [6.07, 6.45) is 0. The average molecular weight is 933 g/mol. The van der Waals surface area contributed by atoms with Gasteiger partial charge in [0.25, 0.3) is 0 Å². The Morgan fingerprint density at radius 3 is 1.27 bits per heavy atom. The van der Waals surface area contributed by atoms with E-state index < -0.39 is 5.66 Å². The molecule has 3 heterocycles. The van der Waals surface area contributed by atoms with Crippen molar-refractivity contribution in [1.82, 2.24) is 9.13 Å². The highest BCUT2D eigenvalue weighted by atomic mass is 15.2. The minimum atomic E-state index is -0.998. The summed E-state index contributed by atoms with van der Waals surface area (Å²) in [4.78, 5) is 11.8. The topological polar surface area (TPSA) is 34.6 Å². The van der Waals surface area contributed by atoms with Gasteiger partial charge in [0.15, 0.2) is 0 Å². The predicted octanol–water partition coefficient (Wildman–Crippen LogP) is 16.7. The first kappa shape index (κ1) is 40.8. The third-order valence-electron chi connectivity index (χ3n) is 17.2. The molecular weight excluding hydrogens is 885 g/mol. The highest BCUT2D eigenvalue weighted by molar-refractivity contribution is 6.54. The van der Waals surface area contributed by atoms with Crippen LogP contribution in [0.25, 0.3) is 88.4 Å². The molecule has 0 saturated heterocycles. The minimum absolute atomic E-state index is 0.110. The van der Waals surface area contributed by atoms with Gasteiger partial charge in [0.05, 0.1) is 33.5 Å². The van der Waals surface area contributed by atoms with Crippen molar-refractivity contribution >= 4 is 55.0 Å². The Balaban J connectivity index is 0.877. The Labute approximate surface area is 423 Å². The largest absolute Gasteiger partial charge is 0.309 e. The molecule has 12 aromatic rings. The quantitative estimate of drug-likeness (QED) is 0.169. The van der Waals surface area contributed by atoms with E-state index in [0.717, 1.165) is 45.1 Å². The fourth-order valence-electron chi connectivity index (χ4n) is 13.7. The van der Waals surface area contributed by atoms with E-state index in [1.807, 2.05) is 0 Å². The fourth-order valence-corrected chi connectivity index (χ4v) is 13.7. The summed E-state index contributed by atoms with van der Waals surface area (Å²) < 4.78 is 4.93. The van der Waals surface area contributed by atoms with Gasteiger partial charge in [-0.15, -0.1) is 0 Å². The molecule has 1 atom stereocenters.